The maximum absolute atomic E-state index is 14.1. The lowest BCUT2D eigenvalue weighted by molar-refractivity contribution is -0.111. The van der Waals surface area contributed by atoms with Crippen molar-refractivity contribution in [2.75, 3.05) is 12.4 Å². The van der Waals surface area contributed by atoms with E-state index < -0.39 is 0 Å². The lowest BCUT2D eigenvalue weighted by atomic mass is 9.99. The Morgan fingerprint density at radius 2 is 1.74 bits per heavy atom. The molecule has 4 rings (SSSR count). The number of nitrogens with one attached hydrogen (secondary N) is 1. The number of aliphatic hydroxyl groups excluding tert-OH is 1. The number of benzene rings is 3. The second-order valence-corrected chi connectivity index (χ2v) is 9.34. The molecule has 0 unspecified atom stereocenters. The highest BCUT2D eigenvalue weighted by Crippen LogP contribution is 2.36. The summed E-state index contributed by atoms with van der Waals surface area (Å²) in [6.45, 7) is 3.74. The Kier molecular flexibility index (Phi) is 7.44. The van der Waals surface area contributed by atoms with Gasteiger partial charge in [0.25, 0.3) is 5.91 Å². The molecule has 0 radical (unpaired) electrons. The molecule has 0 aliphatic rings. The summed E-state index contributed by atoms with van der Waals surface area (Å²) in [5, 5.41) is 12.9. The Morgan fingerprint density at radius 3 is 2.40 bits per heavy atom. The van der Waals surface area contributed by atoms with Crippen molar-refractivity contribution in [2.24, 2.45) is 0 Å². The molecule has 0 saturated carbocycles. The molecule has 3 aromatic carbocycles. The summed E-state index contributed by atoms with van der Waals surface area (Å²) in [4.78, 5) is 14.7. The molecular formula is C29H26FNO3S. The van der Waals surface area contributed by atoms with E-state index in [9.17, 15) is 14.3 Å². The number of halogens is 1. The number of methoxy groups -OCH3 is 1. The van der Waals surface area contributed by atoms with Gasteiger partial charge in [0.05, 0.1) is 36.1 Å². The fraction of sp³-hybridized carbons (Fsp3) is 0.138. The van der Waals surface area contributed by atoms with E-state index in [0.717, 1.165) is 32.7 Å². The molecule has 1 heterocycles. The molecule has 1 amide bonds. The number of ether oxygens (including phenoxy) is 1. The van der Waals surface area contributed by atoms with Gasteiger partial charge in [0, 0.05) is 10.4 Å². The number of anilines is 1. The first-order valence-corrected chi connectivity index (χ1v) is 11.9. The predicted molar refractivity (Wildman–Crippen MR) is 141 cm³/mol. The van der Waals surface area contributed by atoms with Crippen molar-refractivity contribution in [3.63, 3.8) is 0 Å². The molecule has 4 aromatic rings. The highest BCUT2D eigenvalue weighted by atomic mass is 32.1. The van der Waals surface area contributed by atoms with Gasteiger partial charge in [-0.1, -0.05) is 66.2 Å². The Balaban J connectivity index is 1.61. The summed E-state index contributed by atoms with van der Waals surface area (Å²) in [5.74, 6) is -0.597. The average molecular weight is 488 g/mol. The molecule has 0 bridgehead atoms. The average Bonchev–Trinajstić information content (AvgIpc) is 3.26. The molecule has 35 heavy (non-hydrogen) atoms. The van der Waals surface area contributed by atoms with Crippen LogP contribution in [0.15, 0.2) is 79.1 Å². The van der Waals surface area contributed by atoms with Crippen LogP contribution in [0.1, 0.15) is 21.6 Å². The van der Waals surface area contributed by atoms with Crippen LogP contribution >= 0.6 is 11.3 Å². The standard InChI is InChI=1S/C29H26FNO3S/c1-18-8-13-22(19(2)14-18)24(17-34-3)29(33)31-26-15-27(35-28(26)16-32)21-11-9-20(10-12-21)23-6-4-5-7-25(23)30/h4-15,17,32H,16H2,1-3H3,(H,31,33). The van der Waals surface area contributed by atoms with Crippen molar-refractivity contribution in [1.29, 1.82) is 0 Å². The van der Waals surface area contributed by atoms with Crippen LogP contribution in [0.4, 0.5) is 10.1 Å². The minimum absolute atomic E-state index is 0.208. The quantitative estimate of drug-likeness (QED) is 0.219. The van der Waals surface area contributed by atoms with E-state index in [-0.39, 0.29) is 18.3 Å². The molecule has 0 atom stereocenters. The monoisotopic (exact) mass is 487 g/mol. The number of amides is 1. The minimum Gasteiger partial charge on any atom is -0.504 e. The summed E-state index contributed by atoms with van der Waals surface area (Å²) in [5.41, 5.74) is 6.02. The lowest BCUT2D eigenvalue weighted by Crippen LogP contribution is -2.15. The number of hydrogen-bond acceptors (Lipinski definition) is 4. The van der Waals surface area contributed by atoms with Crippen LogP contribution in [-0.2, 0) is 16.1 Å². The van der Waals surface area contributed by atoms with Crippen LogP contribution in [0.5, 0.6) is 0 Å². The zero-order valence-corrected chi connectivity index (χ0v) is 20.6. The highest BCUT2D eigenvalue weighted by Gasteiger charge is 2.19. The van der Waals surface area contributed by atoms with Crippen LogP contribution in [-0.4, -0.2) is 18.1 Å². The summed E-state index contributed by atoms with van der Waals surface area (Å²) < 4.78 is 19.3. The number of aliphatic hydroxyl groups is 1. The van der Waals surface area contributed by atoms with Gasteiger partial charge in [-0.05, 0) is 48.2 Å². The van der Waals surface area contributed by atoms with Crippen molar-refractivity contribution in [3.05, 3.63) is 106 Å². The number of thiophene rings is 1. The van der Waals surface area contributed by atoms with E-state index >= 15 is 0 Å². The third-order valence-electron chi connectivity index (χ3n) is 5.71. The minimum atomic E-state index is -0.326. The summed E-state index contributed by atoms with van der Waals surface area (Å²) in [6, 6.07) is 21.9. The van der Waals surface area contributed by atoms with Gasteiger partial charge in [-0.3, -0.25) is 4.79 Å². The first-order chi connectivity index (χ1) is 16.9. The molecule has 0 spiro atoms. The molecule has 178 valence electrons. The molecule has 0 saturated heterocycles. The van der Waals surface area contributed by atoms with Gasteiger partial charge in [0.2, 0.25) is 0 Å². The van der Waals surface area contributed by atoms with E-state index in [2.05, 4.69) is 5.32 Å². The normalized spacial score (nSPS) is 11.4. The third kappa shape index (κ3) is 5.34. The third-order valence-corrected chi connectivity index (χ3v) is 6.88. The van der Waals surface area contributed by atoms with Crippen LogP contribution < -0.4 is 5.32 Å². The van der Waals surface area contributed by atoms with Gasteiger partial charge < -0.3 is 15.2 Å². The van der Waals surface area contributed by atoms with Gasteiger partial charge in [-0.2, -0.15) is 0 Å². The molecule has 0 fully saturated rings. The number of aryl methyl sites for hydroxylation is 2. The molecule has 4 nitrogen and oxygen atoms in total. The van der Waals surface area contributed by atoms with Gasteiger partial charge in [0.1, 0.15) is 5.82 Å². The van der Waals surface area contributed by atoms with Crippen molar-refractivity contribution in [1.82, 2.24) is 0 Å². The zero-order chi connectivity index (χ0) is 24.9. The molecule has 6 heteroatoms. The maximum atomic E-state index is 14.1. The number of hydrogen-bond donors (Lipinski definition) is 2. The molecule has 2 N–H and O–H groups in total. The first kappa shape index (κ1) is 24.4. The van der Waals surface area contributed by atoms with Crippen molar-refractivity contribution >= 4 is 28.5 Å². The van der Waals surface area contributed by atoms with Crippen LogP contribution in [0.3, 0.4) is 0 Å². The second kappa shape index (κ2) is 10.7. The Bertz CT molecular complexity index is 1390. The fourth-order valence-electron chi connectivity index (χ4n) is 3.97. The molecular weight excluding hydrogens is 461 g/mol. The molecule has 0 aliphatic heterocycles. The van der Waals surface area contributed by atoms with Crippen LogP contribution in [0, 0.1) is 19.7 Å². The van der Waals surface area contributed by atoms with E-state index in [1.165, 1.54) is 30.8 Å². The van der Waals surface area contributed by atoms with Crippen LogP contribution in [0.25, 0.3) is 27.1 Å². The van der Waals surface area contributed by atoms with E-state index in [0.29, 0.717) is 21.7 Å². The van der Waals surface area contributed by atoms with Crippen molar-refractivity contribution in [3.8, 4) is 21.6 Å². The topological polar surface area (TPSA) is 58.6 Å². The Hall–Kier alpha value is -3.74. The number of rotatable bonds is 7. The van der Waals surface area contributed by atoms with Gasteiger partial charge in [0.15, 0.2) is 0 Å². The van der Waals surface area contributed by atoms with E-state index in [1.807, 2.05) is 62.4 Å². The Morgan fingerprint density at radius 1 is 1.03 bits per heavy atom. The summed E-state index contributed by atoms with van der Waals surface area (Å²) in [7, 11) is 1.50. The van der Waals surface area contributed by atoms with Crippen molar-refractivity contribution < 1.29 is 19.0 Å². The van der Waals surface area contributed by atoms with Gasteiger partial charge in [-0.15, -0.1) is 11.3 Å². The molecule has 1 aromatic heterocycles. The predicted octanol–water partition coefficient (Wildman–Crippen LogP) is 6.96. The van der Waals surface area contributed by atoms with Crippen LogP contribution in [0.2, 0.25) is 0 Å². The Labute approximate surface area is 208 Å². The first-order valence-electron chi connectivity index (χ1n) is 11.1. The zero-order valence-electron chi connectivity index (χ0n) is 19.8. The number of carbonyl (C=O) groups is 1. The van der Waals surface area contributed by atoms with Crippen molar-refractivity contribution in [2.45, 2.75) is 20.5 Å². The second-order valence-electron chi connectivity index (χ2n) is 8.20. The van der Waals surface area contributed by atoms with Gasteiger partial charge >= 0.3 is 0 Å². The maximum Gasteiger partial charge on any atom is 0.259 e. The van der Waals surface area contributed by atoms with E-state index in [4.69, 9.17) is 4.74 Å². The fourth-order valence-corrected chi connectivity index (χ4v) is 4.95. The SMILES string of the molecule is COC=C(C(=O)Nc1cc(-c2ccc(-c3ccccc3F)cc2)sc1CO)c1ccc(C)cc1C. The highest BCUT2D eigenvalue weighted by molar-refractivity contribution is 7.16. The molecule has 0 aliphatic carbocycles. The van der Waals surface area contributed by atoms with Gasteiger partial charge in [-0.25, -0.2) is 4.39 Å². The summed E-state index contributed by atoms with van der Waals surface area (Å²) >= 11 is 1.40. The largest absolute Gasteiger partial charge is 0.504 e. The number of carbonyl (C=O) groups excluding carboxylic acids is 1. The van der Waals surface area contributed by atoms with E-state index in [1.54, 1.807) is 18.2 Å². The smallest absolute Gasteiger partial charge is 0.259 e. The lowest BCUT2D eigenvalue weighted by Gasteiger charge is -2.12. The summed E-state index contributed by atoms with van der Waals surface area (Å²) in [6.07, 6.45) is 1.43.